The summed E-state index contributed by atoms with van der Waals surface area (Å²) in [5, 5.41) is 5.33. The highest BCUT2D eigenvalue weighted by Gasteiger charge is 2.13. The Bertz CT molecular complexity index is 970. The second-order valence-electron chi connectivity index (χ2n) is 5.89. The lowest BCUT2D eigenvalue weighted by Crippen LogP contribution is -2.18. The Morgan fingerprint density at radius 2 is 1.43 bits per heavy atom. The number of hydrogen-bond donors (Lipinski definition) is 2. The van der Waals surface area contributed by atoms with Gasteiger partial charge in [-0.2, -0.15) is 0 Å². The molecule has 0 aromatic heterocycles. The number of hydrogen-bond acceptors (Lipinski definition) is 4. The summed E-state index contributed by atoms with van der Waals surface area (Å²) in [7, 11) is 3.05. The van der Waals surface area contributed by atoms with Crippen LogP contribution in [-0.4, -0.2) is 26.0 Å². The van der Waals surface area contributed by atoms with Gasteiger partial charge in [0.2, 0.25) is 0 Å². The molecule has 3 aromatic carbocycles. The highest BCUT2D eigenvalue weighted by molar-refractivity contribution is 6.06. The van der Waals surface area contributed by atoms with Crippen molar-refractivity contribution in [1.29, 1.82) is 0 Å². The number of carbonyl (C=O) groups excluding carboxylic acids is 2. The first-order chi connectivity index (χ1) is 13.6. The van der Waals surface area contributed by atoms with Crippen LogP contribution in [0.3, 0.4) is 0 Å². The van der Waals surface area contributed by atoms with Gasteiger partial charge < -0.3 is 20.1 Å². The van der Waals surface area contributed by atoms with Gasteiger partial charge in [0, 0.05) is 18.2 Å². The standard InChI is InChI=1S/C22H20N2O4/c1-23-21(25)16-10-13-20(27-2)19(14-16)24-22(26)15-8-11-18(12-9-15)28-17-6-4-3-5-7-17/h3-14H,1-2H3,(H,23,25)(H,24,26). The molecule has 0 unspecified atom stereocenters. The van der Waals surface area contributed by atoms with Gasteiger partial charge in [-0.3, -0.25) is 9.59 Å². The summed E-state index contributed by atoms with van der Waals surface area (Å²) in [5.74, 6) is 1.24. The molecule has 0 radical (unpaired) electrons. The van der Waals surface area contributed by atoms with Crippen molar-refractivity contribution in [3.8, 4) is 17.2 Å². The molecule has 0 atom stereocenters. The van der Waals surface area contributed by atoms with Crippen LogP contribution in [0.1, 0.15) is 20.7 Å². The van der Waals surface area contributed by atoms with Gasteiger partial charge in [-0.15, -0.1) is 0 Å². The summed E-state index contributed by atoms with van der Waals surface area (Å²) in [5.41, 5.74) is 1.29. The number of benzene rings is 3. The Morgan fingerprint density at radius 1 is 0.786 bits per heavy atom. The zero-order valence-corrected chi connectivity index (χ0v) is 15.6. The molecule has 0 saturated carbocycles. The number of anilines is 1. The lowest BCUT2D eigenvalue weighted by Gasteiger charge is -2.12. The zero-order chi connectivity index (χ0) is 19.9. The Labute approximate surface area is 163 Å². The normalized spacial score (nSPS) is 10.1. The minimum Gasteiger partial charge on any atom is -0.495 e. The topological polar surface area (TPSA) is 76.7 Å². The van der Waals surface area contributed by atoms with Gasteiger partial charge in [0.05, 0.1) is 12.8 Å². The molecule has 0 fully saturated rings. The van der Waals surface area contributed by atoms with E-state index in [1.165, 1.54) is 7.11 Å². The summed E-state index contributed by atoms with van der Waals surface area (Å²) >= 11 is 0. The molecule has 3 rings (SSSR count). The van der Waals surface area contributed by atoms with Crippen molar-refractivity contribution in [2.75, 3.05) is 19.5 Å². The molecular formula is C22H20N2O4. The van der Waals surface area contributed by atoms with Crippen LogP contribution in [0, 0.1) is 0 Å². The van der Waals surface area contributed by atoms with Gasteiger partial charge in [0.15, 0.2) is 0 Å². The van der Waals surface area contributed by atoms with Crippen molar-refractivity contribution in [1.82, 2.24) is 5.32 Å². The maximum Gasteiger partial charge on any atom is 0.255 e. The molecule has 0 aliphatic rings. The molecular weight excluding hydrogens is 356 g/mol. The molecule has 0 aliphatic heterocycles. The highest BCUT2D eigenvalue weighted by Crippen LogP contribution is 2.27. The van der Waals surface area contributed by atoms with Crippen molar-refractivity contribution in [2.24, 2.45) is 0 Å². The van der Waals surface area contributed by atoms with Gasteiger partial charge in [0.25, 0.3) is 11.8 Å². The third kappa shape index (κ3) is 4.48. The van der Waals surface area contributed by atoms with Crippen molar-refractivity contribution in [2.45, 2.75) is 0 Å². The molecule has 0 bridgehead atoms. The van der Waals surface area contributed by atoms with Gasteiger partial charge >= 0.3 is 0 Å². The average Bonchev–Trinajstić information content (AvgIpc) is 2.74. The van der Waals surface area contributed by atoms with E-state index in [9.17, 15) is 9.59 Å². The van der Waals surface area contributed by atoms with Crippen LogP contribution >= 0.6 is 0 Å². The van der Waals surface area contributed by atoms with E-state index in [-0.39, 0.29) is 11.8 Å². The Morgan fingerprint density at radius 3 is 2.07 bits per heavy atom. The summed E-state index contributed by atoms with van der Waals surface area (Å²) in [6.45, 7) is 0. The predicted molar refractivity (Wildman–Crippen MR) is 107 cm³/mol. The SMILES string of the molecule is CNC(=O)c1ccc(OC)c(NC(=O)c2ccc(Oc3ccccc3)cc2)c1. The van der Waals surface area contributed by atoms with E-state index in [4.69, 9.17) is 9.47 Å². The van der Waals surface area contributed by atoms with Crippen LogP contribution in [0.15, 0.2) is 72.8 Å². The fourth-order valence-electron chi connectivity index (χ4n) is 2.58. The van der Waals surface area contributed by atoms with Crippen LogP contribution < -0.4 is 20.1 Å². The van der Waals surface area contributed by atoms with Crippen LogP contribution in [0.5, 0.6) is 17.2 Å². The number of rotatable bonds is 6. The maximum absolute atomic E-state index is 12.6. The largest absolute Gasteiger partial charge is 0.495 e. The number of nitrogens with one attached hydrogen (secondary N) is 2. The van der Waals surface area contributed by atoms with Crippen molar-refractivity contribution >= 4 is 17.5 Å². The van der Waals surface area contributed by atoms with Crippen LogP contribution in [-0.2, 0) is 0 Å². The molecule has 0 aliphatic carbocycles. The Kier molecular flexibility index (Phi) is 5.91. The van der Waals surface area contributed by atoms with E-state index < -0.39 is 0 Å². The monoisotopic (exact) mass is 376 g/mol. The molecule has 142 valence electrons. The first-order valence-corrected chi connectivity index (χ1v) is 8.65. The summed E-state index contributed by atoms with van der Waals surface area (Å²) < 4.78 is 11.0. The Hall–Kier alpha value is -3.80. The number of carbonyl (C=O) groups is 2. The molecule has 0 saturated heterocycles. The number of amides is 2. The van der Waals surface area contributed by atoms with E-state index in [0.29, 0.717) is 28.3 Å². The Balaban J connectivity index is 1.75. The van der Waals surface area contributed by atoms with E-state index in [1.54, 1.807) is 49.5 Å². The minimum atomic E-state index is -0.321. The van der Waals surface area contributed by atoms with E-state index >= 15 is 0 Å². The zero-order valence-electron chi connectivity index (χ0n) is 15.6. The van der Waals surface area contributed by atoms with E-state index in [2.05, 4.69) is 10.6 Å². The van der Waals surface area contributed by atoms with Crippen LogP contribution in [0.4, 0.5) is 5.69 Å². The van der Waals surface area contributed by atoms with Crippen molar-refractivity contribution in [3.63, 3.8) is 0 Å². The number of para-hydroxylation sites is 1. The summed E-state index contributed by atoms with van der Waals surface area (Å²) in [6, 6.07) is 21.0. The maximum atomic E-state index is 12.6. The molecule has 2 amide bonds. The van der Waals surface area contributed by atoms with Gasteiger partial charge in [-0.05, 0) is 54.6 Å². The van der Waals surface area contributed by atoms with E-state index in [0.717, 1.165) is 5.75 Å². The fourth-order valence-corrected chi connectivity index (χ4v) is 2.58. The molecule has 2 N–H and O–H groups in total. The third-order valence-corrected chi connectivity index (χ3v) is 4.03. The first-order valence-electron chi connectivity index (χ1n) is 8.65. The molecule has 6 heteroatoms. The summed E-state index contributed by atoms with van der Waals surface area (Å²) in [6.07, 6.45) is 0. The smallest absolute Gasteiger partial charge is 0.255 e. The fraction of sp³-hybridized carbons (Fsp3) is 0.0909. The molecule has 28 heavy (non-hydrogen) atoms. The minimum absolute atomic E-state index is 0.249. The second-order valence-corrected chi connectivity index (χ2v) is 5.89. The van der Waals surface area contributed by atoms with Crippen LogP contribution in [0.2, 0.25) is 0 Å². The highest BCUT2D eigenvalue weighted by atomic mass is 16.5. The predicted octanol–water partition coefficient (Wildman–Crippen LogP) is 4.10. The molecule has 0 spiro atoms. The quantitative estimate of drug-likeness (QED) is 0.679. The lowest BCUT2D eigenvalue weighted by atomic mass is 10.1. The second kappa shape index (κ2) is 8.73. The van der Waals surface area contributed by atoms with Crippen molar-refractivity contribution < 1.29 is 19.1 Å². The lowest BCUT2D eigenvalue weighted by molar-refractivity contribution is 0.0961. The average molecular weight is 376 g/mol. The third-order valence-electron chi connectivity index (χ3n) is 4.03. The van der Waals surface area contributed by atoms with Crippen LogP contribution in [0.25, 0.3) is 0 Å². The molecule has 6 nitrogen and oxygen atoms in total. The molecule has 3 aromatic rings. The van der Waals surface area contributed by atoms with Gasteiger partial charge in [-0.1, -0.05) is 18.2 Å². The number of ether oxygens (including phenoxy) is 2. The van der Waals surface area contributed by atoms with Crippen molar-refractivity contribution in [3.05, 3.63) is 83.9 Å². The van der Waals surface area contributed by atoms with Gasteiger partial charge in [-0.25, -0.2) is 0 Å². The first kappa shape index (κ1) is 19.0. The molecule has 0 heterocycles. The summed E-state index contributed by atoms with van der Waals surface area (Å²) in [4.78, 5) is 24.4. The number of methoxy groups -OCH3 is 1. The van der Waals surface area contributed by atoms with Gasteiger partial charge in [0.1, 0.15) is 17.2 Å². The van der Waals surface area contributed by atoms with E-state index in [1.807, 2.05) is 30.3 Å².